The van der Waals surface area contributed by atoms with Gasteiger partial charge in [0.2, 0.25) is 0 Å². The van der Waals surface area contributed by atoms with Crippen molar-refractivity contribution < 1.29 is 13.6 Å². The van der Waals surface area contributed by atoms with E-state index in [4.69, 9.17) is 0 Å². The van der Waals surface area contributed by atoms with Gasteiger partial charge in [-0.05, 0) is 24.6 Å². The first-order valence-electron chi connectivity index (χ1n) is 6.58. The second-order valence-electron chi connectivity index (χ2n) is 4.44. The van der Waals surface area contributed by atoms with E-state index in [1.165, 1.54) is 23.0 Å². The second-order valence-corrected chi connectivity index (χ2v) is 4.44. The summed E-state index contributed by atoms with van der Waals surface area (Å²) in [6.07, 6.45) is 1.96. The normalized spacial score (nSPS) is 10.3. The Balaban J connectivity index is 1.77. The Bertz CT molecular complexity index is 718. The molecule has 1 heterocycles. The lowest BCUT2D eigenvalue weighted by atomic mass is 10.3. The maximum atomic E-state index is 13.3. The van der Waals surface area contributed by atoms with Gasteiger partial charge in [0, 0.05) is 31.4 Å². The van der Waals surface area contributed by atoms with Gasteiger partial charge < -0.3 is 10.6 Å². The van der Waals surface area contributed by atoms with Crippen molar-refractivity contribution in [2.24, 2.45) is 0 Å². The van der Waals surface area contributed by atoms with Crippen LogP contribution in [0.1, 0.15) is 6.42 Å². The van der Waals surface area contributed by atoms with Crippen LogP contribution in [0.15, 0.2) is 41.3 Å². The summed E-state index contributed by atoms with van der Waals surface area (Å²) in [4.78, 5) is 22.9. The molecule has 0 bridgehead atoms. The number of amides is 2. The Kier molecular flexibility index (Phi) is 5.18. The van der Waals surface area contributed by atoms with Gasteiger partial charge >= 0.3 is 6.03 Å². The van der Waals surface area contributed by atoms with E-state index in [2.05, 4.69) is 15.7 Å². The highest BCUT2D eigenvalue weighted by Crippen LogP contribution is 2.14. The van der Waals surface area contributed by atoms with Gasteiger partial charge in [0.1, 0.15) is 11.6 Å². The van der Waals surface area contributed by atoms with Crippen LogP contribution in [0.2, 0.25) is 0 Å². The lowest BCUT2D eigenvalue weighted by molar-refractivity contribution is 0.251. The standard InChI is InChI=1S/C14H14F2N4O2/c15-10-4-5-11(16)12(9-10)19-14(22)17-6-2-8-20-13(21)3-1-7-18-20/h1,3-5,7,9H,2,6,8H2,(H2,17,19,22). The molecule has 1 aromatic carbocycles. The first kappa shape index (κ1) is 15.6. The summed E-state index contributed by atoms with van der Waals surface area (Å²) < 4.78 is 27.6. The minimum Gasteiger partial charge on any atom is -0.338 e. The second kappa shape index (κ2) is 7.30. The molecule has 0 saturated heterocycles. The molecule has 0 radical (unpaired) electrons. The van der Waals surface area contributed by atoms with Gasteiger partial charge in [0.05, 0.1) is 5.69 Å². The van der Waals surface area contributed by atoms with Crippen LogP contribution in [0, 0.1) is 11.6 Å². The van der Waals surface area contributed by atoms with Gasteiger partial charge in [-0.15, -0.1) is 0 Å². The van der Waals surface area contributed by atoms with Crippen LogP contribution in [0.4, 0.5) is 19.3 Å². The van der Waals surface area contributed by atoms with Gasteiger partial charge in [-0.2, -0.15) is 5.10 Å². The molecular formula is C14H14F2N4O2. The van der Waals surface area contributed by atoms with Crippen molar-refractivity contribution in [3.05, 3.63) is 58.5 Å². The Hall–Kier alpha value is -2.77. The van der Waals surface area contributed by atoms with Crippen molar-refractivity contribution in [1.29, 1.82) is 0 Å². The quantitative estimate of drug-likeness (QED) is 0.826. The number of rotatable bonds is 5. The van der Waals surface area contributed by atoms with Crippen molar-refractivity contribution in [2.75, 3.05) is 11.9 Å². The zero-order valence-electron chi connectivity index (χ0n) is 11.6. The molecule has 6 nitrogen and oxygen atoms in total. The van der Waals surface area contributed by atoms with Crippen LogP contribution in [-0.2, 0) is 6.54 Å². The van der Waals surface area contributed by atoms with E-state index in [1.54, 1.807) is 0 Å². The van der Waals surface area contributed by atoms with Crippen LogP contribution in [0.5, 0.6) is 0 Å². The molecule has 116 valence electrons. The summed E-state index contributed by atoms with van der Waals surface area (Å²) in [5.74, 6) is -1.37. The van der Waals surface area contributed by atoms with Crippen LogP contribution >= 0.6 is 0 Å². The van der Waals surface area contributed by atoms with Crippen molar-refractivity contribution >= 4 is 11.7 Å². The predicted molar refractivity (Wildman–Crippen MR) is 76.5 cm³/mol. The van der Waals surface area contributed by atoms with E-state index in [0.717, 1.165) is 18.2 Å². The lowest BCUT2D eigenvalue weighted by Gasteiger charge is -2.09. The van der Waals surface area contributed by atoms with E-state index in [9.17, 15) is 18.4 Å². The molecule has 0 aliphatic heterocycles. The topological polar surface area (TPSA) is 76.0 Å². The molecule has 2 N–H and O–H groups in total. The summed E-state index contributed by atoms with van der Waals surface area (Å²) in [5.41, 5.74) is -0.466. The summed E-state index contributed by atoms with van der Waals surface area (Å²) in [7, 11) is 0. The molecule has 0 unspecified atom stereocenters. The highest BCUT2D eigenvalue weighted by Gasteiger charge is 2.07. The van der Waals surface area contributed by atoms with Crippen molar-refractivity contribution in [3.63, 3.8) is 0 Å². The molecular weight excluding hydrogens is 294 g/mol. The molecule has 0 spiro atoms. The molecule has 2 rings (SSSR count). The first-order valence-corrected chi connectivity index (χ1v) is 6.58. The number of urea groups is 1. The van der Waals surface area contributed by atoms with E-state index in [1.807, 2.05) is 0 Å². The first-order chi connectivity index (χ1) is 10.6. The van der Waals surface area contributed by atoms with E-state index < -0.39 is 17.7 Å². The number of nitrogens with zero attached hydrogens (tertiary/aromatic N) is 2. The molecule has 2 amide bonds. The van der Waals surface area contributed by atoms with Crippen LogP contribution < -0.4 is 16.2 Å². The number of carbonyl (C=O) groups excluding carboxylic acids is 1. The molecule has 0 saturated carbocycles. The van der Waals surface area contributed by atoms with Gasteiger partial charge in [0.25, 0.3) is 5.56 Å². The monoisotopic (exact) mass is 308 g/mol. The Morgan fingerprint density at radius 3 is 2.86 bits per heavy atom. The Labute approximate surface area is 124 Å². The molecule has 0 aliphatic carbocycles. The molecule has 0 fully saturated rings. The largest absolute Gasteiger partial charge is 0.338 e. The minimum atomic E-state index is -0.725. The number of hydrogen-bond acceptors (Lipinski definition) is 3. The Morgan fingerprint density at radius 2 is 2.09 bits per heavy atom. The summed E-state index contributed by atoms with van der Waals surface area (Å²) in [6.45, 7) is 0.597. The average molecular weight is 308 g/mol. The molecule has 22 heavy (non-hydrogen) atoms. The van der Waals surface area contributed by atoms with Crippen LogP contribution in [0.3, 0.4) is 0 Å². The number of halogens is 2. The predicted octanol–water partition coefficient (Wildman–Crippen LogP) is 1.73. The van der Waals surface area contributed by atoms with E-state index >= 15 is 0 Å². The van der Waals surface area contributed by atoms with E-state index in [0.29, 0.717) is 13.0 Å². The fourth-order valence-corrected chi connectivity index (χ4v) is 1.75. The summed E-state index contributed by atoms with van der Waals surface area (Å²) in [5, 5.41) is 8.57. The van der Waals surface area contributed by atoms with Gasteiger partial charge in [-0.25, -0.2) is 18.3 Å². The number of hydrogen-bond donors (Lipinski definition) is 2. The highest BCUT2D eigenvalue weighted by molar-refractivity contribution is 5.89. The highest BCUT2D eigenvalue weighted by atomic mass is 19.1. The number of nitrogens with one attached hydrogen (secondary N) is 2. The zero-order valence-corrected chi connectivity index (χ0v) is 11.6. The molecule has 8 heteroatoms. The van der Waals surface area contributed by atoms with Crippen LogP contribution in [0.25, 0.3) is 0 Å². The minimum absolute atomic E-state index is 0.228. The fraction of sp³-hybridized carbons (Fsp3) is 0.214. The number of benzene rings is 1. The molecule has 1 aromatic heterocycles. The smallest absolute Gasteiger partial charge is 0.319 e. The fourth-order valence-electron chi connectivity index (χ4n) is 1.75. The number of aromatic nitrogens is 2. The molecule has 0 atom stereocenters. The zero-order chi connectivity index (χ0) is 15.9. The Morgan fingerprint density at radius 1 is 1.27 bits per heavy atom. The third-order valence-corrected chi connectivity index (χ3v) is 2.79. The lowest BCUT2D eigenvalue weighted by Crippen LogP contribution is -2.31. The van der Waals surface area contributed by atoms with Crippen molar-refractivity contribution in [2.45, 2.75) is 13.0 Å². The van der Waals surface area contributed by atoms with Crippen LogP contribution in [-0.4, -0.2) is 22.4 Å². The SMILES string of the molecule is O=C(NCCCn1ncccc1=O)Nc1cc(F)ccc1F. The number of aryl methyl sites for hydroxylation is 1. The average Bonchev–Trinajstić information content (AvgIpc) is 2.49. The van der Waals surface area contributed by atoms with Gasteiger partial charge in [-0.1, -0.05) is 0 Å². The van der Waals surface area contributed by atoms with E-state index in [-0.39, 0.29) is 17.8 Å². The number of carbonyl (C=O) groups is 1. The summed E-state index contributed by atoms with van der Waals surface area (Å²) in [6, 6.07) is 5.06. The molecule has 0 aliphatic rings. The maximum absolute atomic E-state index is 13.3. The number of anilines is 1. The van der Waals surface area contributed by atoms with Crippen molar-refractivity contribution in [3.8, 4) is 0 Å². The summed E-state index contributed by atoms with van der Waals surface area (Å²) >= 11 is 0. The van der Waals surface area contributed by atoms with Gasteiger partial charge in [0.15, 0.2) is 0 Å². The van der Waals surface area contributed by atoms with Gasteiger partial charge in [-0.3, -0.25) is 4.79 Å². The third-order valence-electron chi connectivity index (χ3n) is 2.79. The van der Waals surface area contributed by atoms with Crippen molar-refractivity contribution in [1.82, 2.24) is 15.1 Å². The maximum Gasteiger partial charge on any atom is 0.319 e. The third kappa shape index (κ3) is 4.37. The molecule has 2 aromatic rings.